The summed E-state index contributed by atoms with van der Waals surface area (Å²) in [5.41, 5.74) is 7.25. The van der Waals surface area contributed by atoms with Crippen molar-refractivity contribution in [3.63, 3.8) is 0 Å². The quantitative estimate of drug-likeness (QED) is 0.835. The number of aromatic nitrogens is 2. The molecular formula is C17H19FN4O3. The summed E-state index contributed by atoms with van der Waals surface area (Å²) in [5, 5.41) is 4.41. The monoisotopic (exact) mass is 346 g/mol. The van der Waals surface area contributed by atoms with Crippen LogP contribution in [0.5, 0.6) is 0 Å². The van der Waals surface area contributed by atoms with E-state index in [2.05, 4.69) is 16.0 Å². The molecule has 25 heavy (non-hydrogen) atoms. The Balaban J connectivity index is 1.88. The summed E-state index contributed by atoms with van der Waals surface area (Å²) >= 11 is 0. The number of ether oxygens (including phenoxy) is 1. The van der Waals surface area contributed by atoms with Gasteiger partial charge >= 0.3 is 6.09 Å². The molecule has 8 heteroatoms. The Morgan fingerprint density at radius 1 is 1.20 bits per heavy atom. The largest absolute Gasteiger partial charge is 0.449 e. The lowest BCUT2D eigenvalue weighted by Crippen LogP contribution is -2.42. The van der Waals surface area contributed by atoms with Crippen molar-refractivity contribution in [1.82, 2.24) is 20.6 Å². The summed E-state index contributed by atoms with van der Waals surface area (Å²) in [6, 6.07) is 5.95. The van der Waals surface area contributed by atoms with Gasteiger partial charge in [0.2, 0.25) is 0 Å². The summed E-state index contributed by atoms with van der Waals surface area (Å²) in [6.07, 6.45) is 2.76. The number of benzene rings is 1. The summed E-state index contributed by atoms with van der Waals surface area (Å²) in [5.74, 6) is -0.839. The van der Waals surface area contributed by atoms with Gasteiger partial charge in [0.05, 0.1) is 12.3 Å². The number of rotatable bonds is 3. The Kier molecular flexibility index (Phi) is 4.97. The van der Waals surface area contributed by atoms with Gasteiger partial charge in [-0.1, -0.05) is 0 Å². The molecule has 2 aromatic rings. The van der Waals surface area contributed by atoms with Crippen molar-refractivity contribution in [3.05, 3.63) is 47.0 Å². The molecule has 1 aliphatic carbocycles. The molecule has 3 rings (SSSR count). The summed E-state index contributed by atoms with van der Waals surface area (Å²) in [6.45, 7) is 1.87. The Morgan fingerprint density at radius 2 is 1.92 bits per heavy atom. The van der Waals surface area contributed by atoms with E-state index >= 15 is 0 Å². The average Bonchev–Trinajstić information content (AvgIpc) is 3.00. The minimum absolute atomic E-state index is 0.205. The molecular weight excluding hydrogens is 327 g/mol. The zero-order valence-corrected chi connectivity index (χ0v) is 13.8. The number of fused-ring (bicyclic) bond motifs is 1. The molecule has 0 saturated heterocycles. The van der Waals surface area contributed by atoms with E-state index in [4.69, 9.17) is 4.74 Å². The van der Waals surface area contributed by atoms with E-state index in [-0.39, 0.29) is 18.1 Å². The zero-order valence-electron chi connectivity index (χ0n) is 13.8. The van der Waals surface area contributed by atoms with E-state index in [1.165, 1.54) is 12.1 Å². The highest BCUT2D eigenvalue weighted by Crippen LogP contribution is 2.27. The van der Waals surface area contributed by atoms with Crippen LogP contribution in [0.4, 0.5) is 9.18 Å². The van der Waals surface area contributed by atoms with Crippen LogP contribution in [-0.4, -0.2) is 28.4 Å². The number of nitrogens with zero attached hydrogens (tertiary/aromatic N) is 2. The molecule has 0 saturated carbocycles. The molecule has 0 spiro atoms. The van der Waals surface area contributed by atoms with Crippen molar-refractivity contribution in [2.24, 2.45) is 0 Å². The van der Waals surface area contributed by atoms with Gasteiger partial charge in [0, 0.05) is 11.3 Å². The van der Waals surface area contributed by atoms with Gasteiger partial charge in [0.15, 0.2) is 5.69 Å². The molecule has 1 heterocycles. The first-order chi connectivity index (χ1) is 12.1. The number of carbonyl (C=O) groups excluding carboxylic acids is 2. The van der Waals surface area contributed by atoms with Crippen molar-refractivity contribution < 1.29 is 18.7 Å². The highest BCUT2D eigenvalue weighted by molar-refractivity contribution is 5.95. The average molecular weight is 346 g/mol. The molecule has 0 fully saturated rings. The lowest BCUT2D eigenvalue weighted by atomic mass is 9.95. The fraction of sp³-hybridized carbons (Fsp3) is 0.353. The topological polar surface area (TPSA) is 85.2 Å². The molecule has 0 unspecified atom stereocenters. The number of hydrogen-bond acceptors (Lipinski definition) is 4. The SMILES string of the molecule is CCOC(=O)NNC(=O)c1nn(-c2ccc(F)cc2)c2c1CCCC2. The van der Waals surface area contributed by atoms with E-state index in [9.17, 15) is 14.0 Å². The standard InChI is InChI=1S/C17H19FN4O3/c1-2-25-17(24)20-19-16(23)15-13-5-3-4-6-14(13)22(21-15)12-9-7-11(18)8-10-12/h7-10H,2-6H2,1H3,(H,19,23)(H,20,24). The van der Waals surface area contributed by atoms with Gasteiger partial charge in [-0.2, -0.15) is 5.10 Å². The van der Waals surface area contributed by atoms with Crippen LogP contribution < -0.4 is 10.9 Å². The Bertz CT molecular complexity index is 786. The number of hydrogen-bond donors (Lipinski definition) is 2. The van der Waals surface area contributed by atoms with Gasteiger partial charge in [-0.15, -0.1) is 0 Å². The van der Waals surface area contributed by atoms with Crippen molar-refractivity contribution in [3.8, 4) is 5.69 Å². The minimum atomic E-state index is -0.734. The summed E-state index contributed by atoms with van der Waals surface area (Å²) < 4.78 is 19.5. The summed E-state index contributed by atoms with van der Waals surface area (Å²) in [4.78, 5) is 23.7. The highest BCUT2D eigenvalue weighted by atomic mass is 19.1. The molecule has 0 bridgehead atoms. The van der Waals surface area contributed by atoms with Gasteiger partial charge in [-0.25, -0.2) is 19.3 Å². The number of amides is 2. The number of carbonyl (C=O) groups is 2. The van der Waals surface area contributed by atoms with Crippen LogP contribution in [0.2, 0.25) is 0 Å². The maximum Gasteiger partial charge on any atom is 0.426 e. The lowest BCUT2D eigenvalue weighted by molar-refractivity contribution is 0.0906. The van der Waals surface area contributed by atoms with Crippen molar-refractivity contribution in [2.75, 3.05) is 6.61 Å². The molecule has 0 aliphatic heterocycles. The second-order valence-corrected chi connectivity index (χ2v) is 5.67. The molecule has 0 radical (unpaired) electrons. The Morgan fingerprint density at radius 3 is 2.64 bits per heavy atom. The molecule has 0 atom stereocenters. The lowest BCUT2D eigenvalue weighted by Gasteiger charge is -2.14. The number of halogens is 1. The predicted octanol–water partition coefficient (Wildman–Crippen LogP) is 2.28. The van der Waals surface area contributed by atoms with E-state index < -0.39 is 12.0 Å². The van der Waals surface area contributed by atoms with Crippen LogP contribution in [0.15, 0.2) is 24.3 Å². The van der Waals surface area contributed by atoms with Crippen LogP contribution in [0.1, 0.15) is 41.5 Å². The second kappa shape index (κ2) is 7.33. The third kappa shape index (κ3) is 3.62. The van der Waals surface area contributed by atoms with Crippen molar-refractivity contribution in [2.45, 2.75) is 32.6 Å². The smallest absolute Gasteiger partial charge is 0.426 e. The minimum Gasteiger partial charge on any atom is -0.449 e. The molecule has 1 aromatic carbocycles. The van der Waals surface area contributed by atoms with E-state index in [1.807, 2.05) is 0 Å². The van der Waals surface area contributed by atoms with Crippen molar-refractivity contribution >= 4 is 12.0 Å². The highest BCUT2D eigenvalue weighted by Gasteiger charge is 2.25. The number of hydrazine groups is 1. The first-order valence-electron chi connectivity index (χ1n) is 8.20. The van der Waals surface area contributed by atoms with E-state index in [1.54, 1.807) is 23.7 Å². The third-order valence-corrected chi connectivity index (χ3v) is 4.02. The summed E-state index contributed by atoms with van der Waals surface area (Å²) in [7, 11) is 0. The fourth-order valence-electron chi connectivity index (χ4n) is 2.91. The zero-order chi connectivity index (χ0) is 17.8. The molecule has 1 aliphatic rings. The molecule has 7 nitrogen and oxygen atoms in total. The van der Waals surface area contributed by atoms with Crippen LogP contribution in [0, 0.1) is 5.82 Å². The Hall–Kier alpha value is -2.90. The first-order valence-corrected chi connectivity index (χ1v) is 8.20. The van der Waals surface area contributed by atoms with Crippen LogP contribution in [0.3, 0.4) is 0 Å². The predicted molar refractivity (Wildman–Crippen MR) is 87.8 cm³/mol. The molecule has 2 amide bonds. The maximum atomic E-state index is 13.2. The second-order valence-electron chi connectivity index (χ2n) is 5.67. The van der Waals surface area contributed by atoms with Gasteiger partial charge in [-0.3, -0.25) is 10.2 Å². The normalized spacial score (nSPS) is 13.0. The fourth-order valence-corrected chi connectivity index (χ4v) is 2.91. The van der Waals surface area contributed by atoms with Crippen molar-refractivity contribution in [1.29, 1.82) is 0 Å². The Labute approximate surface area is 144 Å². The van der Waals surface area contributed by atoms with Gasteiger partial charge in [0.1, 0.15) is 5.82 Å². The van der Waals surface area contributed by atoms with Crippen LogP contribution in [0.25, 0.3) is 5.69 Å². The van der Waals surface area contributed by atoms with E-state index in [0.717, 1.165) is 36.9 Å². The first kappa shape index (κ1) is 16.9. The van der Waals surface area contributed by atoms with Gasteiger partial charge in [0.25, 0.3) is 5.91 Å². The van der Waals surface area contributed by atoms with Crippen LogP contribution in [-0.2, 0) is 17.6 Å². The van der Waals surface area contributed by atoms with Gasteiger partial charge < -0.3 is 4.74 Å². The molecule has 2 N–H and O–H groups in total. The van der Waals surface area contributed by atoms with Crippen LogP contribution >= 0.6 is 0 Å². The number of nitrogens with one attached hydrogen (secondary N) is 2. The maximum absolute atomic E-state index is 13.2. The molecule has 1 aromatic heterocycles. The van der Waals surface area contributed by atoms with Gasteiger partial charge in [-0.05, 0) is 56.9 Å². The molecule has 132 valence electrons. The van der Waals surface area contributed by atoms with E-state index in [0.29, 0.717) is 5.69 Å². The third-order valence-electron chi connectivity index (χ3n) is 4.02.